The quantitative estimate of drug-likeness (QED) is 0.297. The van der Waals surface area contributed by atoms with Gasteiger partial charge in [0.2, 0.25) is 5.91 Å². The first kappa shape index (κ1) is 24.5. The molecule has 1 saturated heterocycles. The molecule has 0 aromatic heterocycles. The van der Waals surface area contributed by atoms with E-state index in [0.29, 0.717) is 18.0 Å². The molecule has 7 heteroatoms. The molecule has 3 aromatic rings. The number of unbranched alkanes of at least 4 members (excludes halogenated alkanes) is 1. The van der Waals surface area contributed by atoms with Crippen LogP contribution in [0.25, 0.3) is 16.8 Å². The van der Waals surface area contributed by atoms with Crippen molar-refractivity contribution in [2.45, 2.75) is 33.6 Å². The van der Waals surface area contributed by atoms with Crippen molar-refractivity contribution >= 4 is 51.4 Å². The minimum atomic E-state index is -0.483. The second kappa shape index (κ2) is 10.8. The molecule has 3 aromatic carbocycles. The number of benzene rings is 3. The predicted octanol–water partition coefficient (Wildman–Crippen LogP) is 6.31. The Morgan fingerprint density at radius 3 is 2.54 bits per heavy atom. The van der Waals surface area contributed by atoms with E-state index < -0.39 is 17.1 Å². The summed E-state index contributed by atoms with van der Waals surface area (Å²) in [5.74, 6) is -0.244. The Morgan fingerprint density at radius 1 is 1.06 bits per heavy atom. The number of ether oxygens (including phenoxy) is 1. The van der Waals surface area contributed by atoms with Crippen LogP contribution in [-0.4, -0.2) is 35.1 Å². The minimum Gasteiger partial charge on any atom is -0.493 e. The van der Waals surface area contributed by atoms with Crippen LogP contribution in [0.15, 0.2) is 59.5 Å². The van der Waals surface area contributed by atoms with Crippen LogP contribution in [-0.2, 0) is 9.59 Å². The predicted molar refractivity (Wildman–Crippen MR) is 142 cm³/mol. The molecule has 0 bridgehead atoms. The number of imide groups is 1. The van der Waals surface area contributed by atoms with Crippen molar-refractivity contribution in [3.63, 3.8) is 0 Å². The van der Waals surface area contributed by atoms with Gasteiger partial charge in [-0.25, -0.2) is 0 Å². The standard InChI is InChI=1S/C28H28N2O4S/c1-4-5-12-34-24-11-10-20-8-6-7-9-22(20)23(24)16-25-27(32)30(28(33)35-25)17-26(31)29-21-14-18(2)13-19(3)15-21/h6-11,13-16H,4-5,12,17H2,1-3H3,(H,29,31)/b25-16-. The zero-order chi connectivity index (χ0) is 24.9. The van der Waals surface area contributed by atoms with Crippen molar-refractivity contribution in [3.8, 4) is 5.75 Å². The van der Waals surface area contributed by atoms with Crippen molar-refractivity contribution in [1.29, 1.82) is 0 Å². The van der Waals surface area contributed by atoms with Crippen LogP contribution >= 0.6 is 11.8 Å². The van der Waals surface area contributed by atoms with Crippen molar-refractivity contribution in [2.75, 3.05) is 18.5 Å². The highest BCUT2D eigenvalue weighted by Gasteiger charge is 2.36. The molecule has 0 spiro atoms. The van der Waals surface area contributed by atoms with Crippen molar-refractivity contribution in [3.05, 3.63) is 76.2 Å². The van der Waals surface area contributed by atoms with Gasteiger partial charge in [0.1, 0.15) is 12.3 Å². The molecule has 1 aliphatic rings. The topological polar surface area (TPSA) is 75.7 Å². The molecule has 1 aliphatic heterocycles. The fourth-order valence-electron chi connectivity index (χ4n) is 4.04. The van der Waals surface area contributed by atoms with Gasteiger partial charge in [0.05, 0.1) is 11.5 Å². The van der Waals surface area contributed by atoms with Gasteiger partial charge < -0.3 is 10.1 Å². The molecule has 1 N–H and O–H groups in total. The van der Waals surface area contributed by atoms with Crippen molar-refractivity contribution in [1.82, 2.24) is 4.90 Å². The van der Waals surface area contributed by atoms with Gasteiger partial charge >= 0.3 is 0 Å². The molecule has 1 heterocycles. The first-order valence-corrected chi connectivity index (χ1v) is 12.5. The molecule has 3 amide bonds. The number of fused-ring (bicyclic) bond motifs is 1. The fourth-order valence-corrected chi connectivity index (χ4v) is 4.86. The van der Waals surface area contributed by atoms with Crippen molar-refractivity contribution in [2.24, 2.45) is 0 Å². The summed E-state index contributed by atoms with van der Waals surface area (Å²) < 4.78 is 6.01. The second-order valence-corrected chi connectivity index (χ2v) is 9.59. The van der Waals surface area contributed by atoms with Crippen LogP contribution in [0.2, 0.25) is 0 Å². The monoisotopic (exact) mass is 488 g/mol. The van der Waals surface area contributed by atoms with Crippen LogP contribution in [0.5, 0.6) is 5.75 Å². The lowest BCUT2D eigenvalue weighted by atomic mass is 10.0. The van der Waals surface area contributed by atoms with E-state index in [2.05, 4.69) is 12.2 Å². The SMILES string of the molecule is CCCCOc1ccc2ccccc2c1/C=C1\SC(=O)N(CC(=O)Nc2cc(C)cc(C)c2)C1=O. The van der Waals surface area contributed by atoms with E-state index in [1.165, 1.54) is 0 Å². The summed E-state index contributed by atoms with van der Waals surface area (Å²) in [7, 11) is 0. The number of hydrogen-bond donors (Lipinski definition) is 1. The van der Waals surface area contributed by atoms with Gasteiger partial charge in [0, 0.05) is 11.3 Å². The van der Waals surface area contributed by atoms with E-state index in [4.69, 9.17) is 4.74 Å². The Morgan fingerprint density at radius 2 is 1.80 bits per heavy atom. The molecule has 0 unspecified atom stereocenters. The van der Waals surface area contributed by atoms with E-state index >= 15 is 0 Å². The maximum absolute atomic E-state index is 13.1. The maximum atomic E-state index is 13.1. The smallest absolute Gasteiger partial charge is 0.294 e. The highest BCUT2D eigenvalue weighted by atomic mass is 32.2. The van der Waals surface area contributed by atoms with Gasteiger partial charge in [0.15, 0.2) is 0 Å². The summed E-state index contributed by atoms with van der Waals surface area (Å²) >= 11 is 0.838. The average molecular weight is 489 g/mol. The number of carbonyl (C=O) groups excluding carboxylic acids is 3. The summed E-state index contributed by atoms with van der Waals surface area (Å²) in [6, 6.07) is 17.4. The summed E-state index contributed by atoms with van der Waals surface area (Å²) in [6.07, 6.45) is 3.63. The third-order valence-corrected chi connectivity index (χ3v) is 6.55. The van der Waals surface area contributed by atoms with E-state index in [0.717, 1.165) is 57.0 Å². The Bertz CT molecular complexity index is 1310. The van der Waals surface area contributed by atoms with Gasteiger partial charge in [0.25, 0.3) is 11.1 Å². The maximum Gasteiger partial charge on any atom is 0.294 e. The minimum absolute atomic E-state index is 0.269. The van der Waals surface area contributed by atoms with Crippen LogP contribution in [0.3, 0.4) is 0 Å². The summed E-state index contributed by atoms with van der Waals surface area (Å²) in [4.78, 5) is 39.6. The number of anilines is 1. The molecule has 0 aliphatic carbocycles. The Hall–Kier alpha value is -3.58. The van der Waals surface area contributed by atoms with Crippen LogP contribution in [0.4, 0.5) is 10.5 Å². The average Bonchev–Trinajstić information content (AvgIpc) is 3.07. The highest BCUT2D eigenvalue weighted by molar-refractivity contribution is 8.18. The van der Waals surface area contributed by atoms with E-state index in [-0.39, 0.29) is 11.4 Å². The number of thioether (sulfide) groups is 1. The lowest BCUT2D eigenvalue weighted by Crippen LogP contribution is -2.36. The second-order valence-electron chi connectivity index (χ2n) is 8.59. The van der Waals surface area contributed by atoms with Gasteiger partial charge in [-0.15, -0.1) is 0 Å². The summed E-state index contributed by atoms with van der Waals surface area (Å²) in [6.45, 7) is 6.20. The van der Waals surface area contributed by atoms with Gasteiger partial charge in [-0.2, -0.15) is 0 Å². The molecule has 6 nitrogen and oxygen atoms in total. The molecule has 180 valence electrons. The van der Waals surface area contributed by atoms with Crippen molar-refractivity contribution < 1.29 is 19.1 Å². The molecular weight excluding hydrogens is 460 g/mol. The van der Waals surface area contributed by atoms with E-state index in [1.54, 1.807) is 6.08 Å². The molecule has 35 heavy (non-hydrogen) atoms. The number of rotatable bonds is 8. The van der Waals surface area contributed by atoms with Crippen LogP contribution in [0, 0.1) is 13.8 Å². The number of amides is 3. The summed E-state index contributed by atoms with van der Waals surface area (Å²) in [5, 5.41) is 4.26. The Balaban J connectivity index is 1.57. The van der Waals surface area contributed by atoms with Gasteiger partial charge in [-0.3, -0.25) is 19.3 Å². The zero-order valence-corrected chi connectivity index (χ0v) is 20.9. The summed E-state index contributed by atoms with van der Waals surface area (Å²) in [5.41, 5.74) is 3.42. The molecular formula is C28H28N2O4S. The first-order chi connectivity index (χ1) is 16.9. The molecule has 4 rings (SSSR count). The number of nitrogens with zero attached hydrogens (tertiary/aromatic N) is 1. The largest absolute Gasteiger partial charge is 0.493 e. The normalized spacial score (nSPS) is 14.7. The Kier molecular flexibility index (Phi) is 7.56. The zero-order valence-electron chi connectivity index (χ0n) is 20.1. The fraction of sp³-hybridized carbons (Fsp3) is 0.250. The molecule has 0 radical (unpaired) electrons. The molecule has 0 atom stereocenters. The van der Waals surface area contributed by atoms with Gasteiger partial charge in [-0.05, 0) is 78.2 Å². The highest BCUT2D eigenvalue weighted by Crippen LogP contribution is 2.37. The van der Waals surface area contributed by atoms with Crippen LogP contribution in [0.1, 0.15) is 36.5 Å². The van der Waals surface area contributed by atoms with Gasteiger partial charge in [-0.1, -0.05) is 49.7 Å². The lowest BCUT2D eigenvalue weighted by Gasteiger charge is -2.14. The third-order valence-electron chi connectivity index (χ3n) is 5.64. The van der Waals surface area contributed by atoms with Crippen LogP contribution < -0.4 is 10.1 Å². The Labute approximate surface area is 209 Å². The number of carbonyl (C=O) groups is 3. The lowest BCUT2D eigenvalue weighted by molar-refractivity contribution is -0.127. The number of aryl methyl sites for hydroxylation is 2. The number of hydrogen-bond acceptors (Lipinski definition) is 5. The van der Waals surface area contributed by atoms with E-state index in [9.17, 15) is 14.4 Å². The molecule has 0 saturated carbocycles. The third kappa shape index (κ3) is 5.74. The molecule has 1 fully saturated rings. The first-order valence-electron chi connectivity index (χ1n) is 11.6. The number of nitrogens with one attached hydrogen (secondary N) is 1. The van der Waals surface area contributed by atoms with E-state index in [1.807, 2.05) is 68.4 Å².